The minimum absolute atomic E-state index is 0.0693. The van der Waals surface area contributed by atoms with E-state index in [9.17, 15) is 43.2 Å². The van der Waals surface area contributed by atoms with Crippen LogP contribution in [0.5, 0.6) is 0 Å². The number of nitrogens with two attached hydrogens (primary N) is 1. The van der Waals surface area contributed by atoms with E-state index in [0.29, 0.717) is 15.8 Å². The van der Waals surface area contributed by atoms with Gasteiger partial charge < -0.3 is 53.1 Å². The van der Waals surface area contributed by atoms with Crippen molar-refractivity contribution in [2.75, 3.05) is 24.3 Å². The fraction of sp³-hybridized carbons (Fsp3) is 0.541. The monoisotopic (exact) mass is 968 g/mol. The normalized spacial score (nSPS) is 22.2. The van der Waals surface area contributed by atoms with Gasteiger partial charge in [0.25, 0.3) is 0 Å². The number of carbonyl (C=O) groups is 7. The second kappa shape index (κ2) is 21.9. The van der Waals surface area contributed by atoms with E-state index in [4.69, 9.17) is 53.1 Å². The largest absolute Gasteiger partial charge is 0.509 e. The number of hydrogen-bond acceptors (Lipinski definition) is 26. The van der Waals surface area contributed by atoms with Crippen molar-refractivity contribution < 1.29 is 80.9 Å². The summed E-state index contributed by atoms with van der Waals surface area (Å²) in [5.74, 6) is -2.83. The summed E-state index contributed by atoms with van der Waals surface area (Å²) in [6.07, 6.45) is -10.0. The van der Waals surface area contributed by atoms with Crippen LogP contribution < -0.4 is 20.8 Å². The molecular formula is C37H44N8O19S2. The molecule has 4 aromatic rings. The van der Waals surface area contributed by atoms with Crippen LogP contribution in [-0.4, -0.2) is 134 Å². The van der Waals surface area contributed by atoms with E-state index in [1.54, 1.807) is 27.7 Å². The zero-order valence-electron chi connectivity index (χ0n) is 36.3. The number of hydrogen-bond donors (Lipinski definition) is 2. The van der Waals surface area contributed by atoms with Crippen LogP contribution in [0.2, 0.25) is 0 Å². The van der Waals surface area contributed by atoms with Crippen molar-refractivity contribution in [3.63, 3.8) is 0 Å². The summed E-state index contributed by atoms with van der Waals surface area (Å²) in [7, 11) is 0. The maximum atomic E-state index is 12.9. The second-order valence-electron chi connectivity index (χ2n) is 14.4. The van der Waals surface area contributed by atoms with E-state index in [-0.39, 0.29) is 36.4 Å². The molecule has 2 aliphatic heterocycles. The van der Waals surface area contributed by atoms with Gasteiger partial charge in [-0.3, -0.25) is 48.0 Å². The predicted octanol–water partition coefficient (Wildman–Crippen LogP) is 1.50. The lowest BCUT2D eigenvalue weighted by Gasteiger charge is -2.24. The number of carbonyl (C=O) groups excluding carboxylic acids is 7. The van der Waals surface area contributed by atoms with E-state index in [2.05, 4.69) is 25.3 Å². The number of anilines is 2. The highest BCUT2D eigenvalue weighted by molar-refractivity contribution is 7.16. The molecule has 2 fully saturated rings. The maximum Gasteiger partial charge on any atom is 0.509 e. The smallest absolute Gasteiger partial charge is 0.463 e. The molecule has 66 heavy (non-hydrogen) atoms. The number of nitrogen functional groups attached to an aromatic ring is 1. The van der Waals surface area contributed by atoms with Crippen LogP contribution in [0, 0.1) is 0 Å². The number of rotatable bonds is 14. The Kier molecular flexibility index (Phi) is 16.6. The molecule has 6 heterocycles. The molecule has 2 saturated heterocycles. The molecule has 0 unspecified atom stereocenters. The van der Waals surface area contributed by atoms with Crippen LogP contribution >= 0.6 is 22.7 Å². The van der Waals surface area contributed by atoms with Gasteiger partial charge in [-0.15, -0.1) is 0 Å². The van der Waals surface area contributed by atoms with Gasteiger partial charge in [-0.1, -0.05) is 22.7 Å². The molecule has 0 bridgehead atoms. The minimum Gasteiger partial charge on any atom is -0.463 e. The molecule has 0 spiro atoms. The molecule has 29 heteroatoms. The van der Waals surface area contributed by atoms with Crippen LogP contribution in [0.15, 0.2) is 22.0 Å². The van der Waals surface area contributed by atoms with E-state index in [1.165, 1.54) is 26.2 Å². The predicted molar refractivity (Wildman–Crippen MR) is 223 cm³/mol. The Morgan fingerprint density at radius 3 is 1.50 bits per heavy atom. The van der Waals surface area contributed by atoms with Crippen LogP contribution in [0.25, 0.3) is 20.7 Å². The summed E-state index contributed by atoms with van der Waals surface area (Å²) in [6.45, 7) is 10.4. The van der Waals surface area contributed by atoms with Gasteiger partial charge >= 0.3 is 45.9 Å². The maximum absolute atomic E-state index is 12.9. The fourth-order valence-electron chi connectivity index (χ4n) is 6.34. The van der Waals surface area contributed by atoms with Crippen LogP contribution in [0.1, 0.15) is 67.8 Å². The van der Waals surface area contributed by atoms with Gasteiger partial charge in [0.05, 0.1) is 34.0 Å². The molecule has 2 aliphatic rings. The first kappa shape index (κ1) is 50.2. The van der Waals surface area contributed by atoms with Gasteiger partial charge in [0.1, 0.15) is 25.4 Å². The standard InChI is InChI=1S/C19H22N4O10S.C18H22N4O9S/c1-8(2)30-19(28)33-14-13(31-10(4)26)11(6-29-9(3)25)32-16(14)23-15-12(34-18(23)27)5-20-17(22-15)21-7-24;1-7(2)28-18(26)31-13-12(29-9(4)24)10(6-27-8(3)23)30-15(13)22-14-11(32-17(22)25)5-20-16(19)21-14/h5,7-8,11,13-14,16H,6H2,1-4H3,(H,20,21,22,24);5,7,10,12-13,15H,6H2,1-4H3,(H2,19,20,21)/t11-,13+,14-,16-;10-,12+,13-,15-/m11/s1. The summed E-state index contributed by atoms with van der Waals surface area (Å²) in [6, 6.07) is 0. The third kappa shape index (κ3) is 12.5. The fourth-order valence-corrected chi connectivity index (χ4v) is 7.97. The SMILES string of the molecule is CC(=O)OC[C@H]1O[C@@H](n2c(=O)sc3cnc(N)nc32)[C@H](OC(=O)OC(C)C)[C@H]1OC(C)=O.CC(=O)OC[C@H]1O[C@@H](n2c(=O)sc3cnc(NC=O)nc32)[C@H](OC(=O)OC(C)C)[C@H]1OC(C)=O. The second-order valence-corrected chi connectivity index (χ2v) is 16.4. The number of amides is 1. The summed E-state index contributed by atoms with van der Waals surface area (Å²) in [5.41, 5.74) is 5.87. The highest BCUT2D eigenvalue weighted by Gasteiger charge is 2.53. The number of aromatic nitrogens is 6. The van der Waals surface area contributed by atoms with Gasteiger partial charge in [0.15, 0.2) is 48.2 Å². The number of ether oxygens (including phenoxy) is 10. The number of nitrogens with one attached hydrogen (secondary N) is 1. The molecule has 1 amide bonds. The first-order valence-electron chi connectivity index (χ1n) is 19.6. The van der Waals surface area contributed by atoms with Crippen molar-refractivity contribution in [2.45, 2.75) is 117 Å². The Morgan fingerprint density at radius 1 is 0.682 bits per heavy atom. The number of nitrogens with zero attached hydrogens (tertiary/aromatic N) is 6. The van der Waals surface area contributed by atoms with Crippen molar-refractivity contribution in [3.8, 4) is 0 Å². The van der Waals surface area contributed by atoms with Crippen molar-refractivity contribution >= 4 is 97.9 Å². The van der Waals surface area contributed by atoms with Crippen molar-refractivity contribution in [1.29, 1.82) is 0 Å². The van der Waals surface area contributed by atoms with Gasteiger partial charge in [0, 0.05) is 27.7 Å². The average molecular weight is 969 g/mol. The summed E-state index contributed by atoms with van der Waals surface area (Å²) < 4.78 is 56.3. The van der Waals surface area contributed by atoms with Crippen molar-refractivity contribution in [1.82, 2.24) is 29.1 Å². The molecule has 0 saturated carbocycles. The van der Waals surface area contributed by atoms with Gasteiger partial charge in [-0.05, 0) is 27.7 Å². The molecule has 0 aromatic carbocycles. The van der Waals surface area contributed by atoms with Crippen LogP contribution in [0.3, 0.4) is 0 Å². The third-order valence-electron chi connectivity index (χ3n) is 8.64. The number of esters is 4. The molecular weight excluding hydrogens is 925 g/mol. The molecule has 0 aliphatic carbocycles. The van der Waals surface area contributed by atoms with Gasteiger partial charge in [0.2, 0.25) is 18.3 Å². The zero-order valence-corrected chi connectivity index (χ0v) is 37.9. The Balaban J connectivity index is 0.000000248. The van der Waals surface area contributed by atoms with E-state index < -0.39 is 107 Å². The highest BCUT2D eigenvalue weighted by atomic mass is 32.1. The van der Waals surface area contributed by atoms with Crippen molar-refractivity contribution in [2.24, 2.45) is 0 Å². The Labute approximate surface area is 379 Å². The Bertz CT molecular complexity index is 2580. The lowest BCUT2D eigenvalue weighted by Crippen LogP contribution is -2.41. The average Bonchev–Trinajstić information content (AvgIpc) is 3.91. The van der Waals surface area contributed by atoms with Crippen LogP contribution in [0.4, 0.5) is 21.5 Å². The first-order valence-corrected chi connectivity index (χ1v) is 21.2. The van der Waals surface area contributed by atoms with E-state index in [1.807, 2.05) is 0 Å². The molecule has 6 rings (SSSR count). The van der Waals surface area contributed by atoms with E-state index >= 15 is 0 Å². The highest BCUT2D eigenvalue weighted by Crippen LogP contribution is 2.38. The topological polar surface area (TPSA) is 345 Å². The van der Waals surface area contributed by atoms with E-state index in [0.717, 1.165) is 45.7 Å². The Morgan fingerprint density at radius 2 is 1.11 bits per heavy atom. The van der Waals surface area contributed by atoms with Crippen molar-refractivity contribution in [3.05, 3.63) is 31.7 Å². The zero-order chi connectivity index (χ0) is 48.6. The quantitative estimate of drug-likeness (QED) is 0.103. The van der Waals surface area contributed by atoms with Gasteiger partial charge in [-0.25, -0.2) is 19.6 Å². The Hall–Kier alpha value is -6.85. The third-order valence-corrected chi connectivity index (χ3v) is 10.4. The lowest BCUT2D eigenvalue weighted by molar-refractivity contribution is -0.159. The molecule has 0 radical (unpaired) electrons. The number of thiazole rings is 2. The van der Waals surface area contributed by atoms with Gasteiger partial charge in [-0.2, -0.15) is 9.97 Å². The molecule has 4 aromatic heterocycles. The molecule has 358 valence electrons. The number of fused-ring (bicyclic) bond motifs is 2. The molecule has 8 atom stereocenters. The minimum atomic E-state index is -1.37. The molecule has 27 nitrogen and oxygen atoms in total. The lowest BCUT2D eigenvalue weighted by atomic mass is 10.1. The summed E-state index contributed by atoms with van der Waals surface area (Å²) in [4.78, 5) is 122. The summed E-state index contributed by atoms with van der Waals surface area (Å²) in [5, 5.41) is 2.28. The molecule has 3 N–H and O–H groups in total. The summed E-state index contributed by atoms with van der Waals surface area (Å²) >= 11 is 1.60. The first-order chi connectivity index (χ1) is 31.2. The van der Waals surface area contributed by atoms with Crippen LogP contribution in [-0.2, 0) is 71.3 Å².